The van der Waals surface area contributed by atoms with E-state index in [1.165, 1.54) is 18.2 Å². The number of hydrogen-bond acceptors (Lipinski definition) is 2. The molecular formula is C15H14BrClFNO. The average Bonchev–Trinajstić information content (AvgIpc) is 2.40. The molecule has 0 aromatic heterocycles. The first-order chi connectivity index (χ1) is 9.47. The fourth-order valence-electron chi connectivity index (χ4n) is 1.82. The second-order valence-electron chi connectivity index (χ2n) is 4.50. The Hall–Kier alpha value is -1.10. The third-order valence-electron chi connectivity index (χ3n) is 2.85. The molecule has 0 bridgehead atoms. The van der Waals surface area contributed by atoms with Crippen molar-refractivity contribution < 1.29 is 9.13 Å². The molecule has 0 saturated heterocycles. The van der Waals surface area contributed by atoms with Crippen molar-refractivity contribution in [3.63, 3.8) is 0 Å². The highest BCUT2D eigenvalue weighted by Gasteiger charge is 2.10. The number of rotatable bonds is 4. The maximum atomic E-state index is 13.2. The molecule has 2 N–H and O–H groups in total. The van der Waals surface area contributed by atoms with Crippen LogP contribution in [0.3, 0.4) is 0 Å². The van der Waals surface area contributed by atoms with E-state index in [4.69, 9.17) is 22.1 Å². The topological polar surface area (TPSA) is 35.2 Å². The number of halogens is 3. The van der Waals surface area contributed by atoms with Gasteiger partial charge in [-0.1, -0.05) is 27.5 Å². The maximum Gasteiger partial charge on any atom is 0.124 e. The lowest BCUT2D eigenvalue weighted by Gasteiger charge is -2.15. The molecule has 106 valence electrons. The van der Waals surface area contributed by atoms with Gasteiger partial charge in [-0.05, 0) is 43.3 Å². The summed E-state index contributed by atoms with van der Waals surface area (Å²) in [6, 6.07) is 9.65. The lowest BCUT2D eigenvalue weighted by atomic mass is 10.1. The van der Waals surface area contributed by atoms with Crippen molar-refractivity contribution in [1.82, 2.24) is 0 Å². The monoisotopic (exact) mass is 357 g/mol. The van der Waals surface area contributed by atoms with Crippen LogP contribution in [0, 0.1) is 5.82 Å². The molecule has 0 radical (unpaired) electrons. The lowest BCUT2D eigenvalue weighted by Crippen LogP contribution is -2.08. The first-order valence-corrected chi connectivity index (χ1v) is 7.26. The second-order valence-corrected chi connectivity index (χ2v) is 5.82. The van der Waals surface area contributed by atoms with Crippen LogP contribution in [0.2, 0.25) is 5.02 Å². The zero-order valence-corrected chi connectivity index (χ0v) is 13.2. The Kier molecular flexibility index (Phi) is 5.02. The normalized spacial score (nSPS) is 12.2. The maximum absolute atomic E-state index is 13.2. The molecule has 0 aliphatic heterocycles. The fraction of sp³-hybridized carbons (Fsp3) is 0.200. The Bertz CT molecular complexity index is 619. The molecule has 0 aliphatic carbocycles. The van der Waals surface area contributed by atoms with Crippen molar-refractivity contribution in [3.8, 4) is 5.75 Å². The minimum absolute atomic E-state index is 0.162. The van der Waals surface area contributed by atoms with Gasteiger partial charge in [0.25, 0.3) is 0 Å². The summed E-state index contributed by atoms with van der Waals surface area (Å²) in [5.41, 5.74) is 7.40. The Morgan fingerprint density at radius 3 is 2.75 bits per heavy atom. The average molecular weight is 359 g/mol. The van der Waals surface area contributed by atoms with Gasteiger partial charge in [0.2, 0.25) is 0 Å². The molecule has 1 atom stereocenters. The van der Waals surface area contributed by atoms with Gasteiger partial charge in [0.05, 0.1) is 0 Å². The zero-order valence-electron chi connectivity index (χ0n) is 10.9. The van der Waals surface area contributed by atoms with Crippen LogP contribution in [0.15, 0.2) is 40.9 Å². The van der Waals surface area contributed by atoms with Crippen LogP contribution in [-0.2, 0) is 6.61 Å². The molecule has 0 unspecified atom stereocenters. The molecule has 0 heterocycles. The van der Waals surface area contributed by atoms with Crippen LogP contribution in [0.25, 0.3) is 0 Å². The quantitative estimate of drug-likeness (QED) is 0.848. The Morgan fingerprint density at radius 2 is 2.05 bits per heavy atom. The molecule has 2 rings (SSSR count). The van der Waals surface area contributed by atoms with E-state index in [-0.39, 0.29) is 18.5 Å². The van der Waals surface area contributed by atoms with Crippen molar-refractivity contribution in [1.29, 1.82) is 0 Å². The molecule has 2 aromatic rings. The molecule has 5 heteroatoms. The van der Waals surface area contributed by atoms with Crippen LogP contribution in [-0.4, -0.2) is 0 Å². The van der Waals surface area contributed by atoms with Crippen LogP contribution < -0.4 is 10.5 Å². The Balaban J connectivity index is 2.20. The van der Waals surface area contributed by atoms with E-state index in [2.05, 4.69) is 15.9 Å². The Morgan fingerprint density at radius 1 is 1.30 bits per heavy atom. The van der Waals surface area contributed by atoms with Gasteiger partial charge in [0.15, 0.2) is 0 Å². The van der Waals surface area contributed by atoms with Gasteiger partial charge in [-0.2, -0.15) is 0 Å². The van der Waals surface area contributed by atoms with Gasteiger partial charge in [-0.25, -0.2) is 4.39 Å². The molecule has 2 nitrogen and oxygen atoms in total. The molecule has 20 heavy (non-hydrogen) atoms. The third-order valence-corrected chi connectivity index (χ3v) is 3.72. The van der Waals surface area contributed by atoms with Gasteiger partial charge in [-0.15, -0.1) is 0 Å². The van der Waals surface area contributed by atoms with Crippen molar-refractivity contribution in [2.75, 3.05) is 0 Å². The van der Waals surface area contributed by atoms with Crippen LogP contribution in [0.4, 0.5) is 4.39 Å². The van der Waals surface area contributed by atoms with E-state index in [1.807, 2.05) is 25.1 Å². The largest absolute Gasteiger partial charge is 0.489 e. The van der Waals surface area contributed by atoms with Crippen LogP contribution >= 0.6 is 27.5 Å². The SMILES string of the molecule is C[C@@H](N)c1cc(Br)ccc1OCc1cc(F)ccc1Cl. The highest BCUT2D eigenvalue weighted by Crippen LogP contribution is 2.29. The predicted octanol–water partition coefficient (Wildman–Crippen LogP) is 4.84. The van der Waals surface area contributed by atoms with E-state index in [0.717, 1.165) is 10.0 Å². The van der Waals surface area contributed by atoms with Gasteiger partial charge in [0.1, 0.15) is 18.2 Å². The second kappa shape index (κ2) is 6.57. The molecule has 0 fully saturated rings. The van der Waals surface area contributed by atoms with E-state index in [0.29, 0.717) is 16.3 Å². The summed E-state index contributed by atoms with van der Waals surface area (Å²) in [5.74, 6) is 0.333. The van der Waals surface area contributed by atoms with E-state index >= 15 is 0 Å². The zero-order chi connectivity index (χ0) is 14.7. The summed E-state index contributed by atoms with van der Waals surface area (Å²) in [4.78, 5) is 0. The standard InChI is InChI=1S/C15H14BrClFNO/c1-9(19)13-7-11(16)2-5-15(13)20-8-10-6-12(18)3-4-14(10)17/h2-7,9H,8,19H2,1H3/t9-/m1/s1. The van der Waals surface area contributed by atoms with E-state index in [1.54, 1.807) is 0 Å². The molecule has 0 saturated carbocycles. The van der Waals surface area contributed by atoms with Gasteiger partial charge >= 0.3 is 0 Å². The van der Waals surface area contributed by atoms with Gasteiger partial charge in [-0.3, -0.25) is 0 Å². The third kappa shape index (κ3) is 3.72. The lowest BCUT2D eigenvalue weighted by molar-refractivity contribution is 0.301. The molecule has 2 aromatic carbocycles. The minimum Gasteiger partial charge on any atom is -0.489 e. The van der Waals surface area contributed by atoms with Crippen molar-refractivity contribution in [2.45, 2.75) is 19.6 Å². The first kappa shape index (κ1) is 15.3. The van der Waals surface area contributed by atoms with Gasteiger partial charge in [0, 0.05) is 26.7 Å². The number of hydrogen-bond donors (Lipinski definition) is 1. The molecular weight excluding hydrogens is 345 g/mol. The summed E-state index contributed by atoms with van der Waals surface area (Å²) >= 11 is 9.41. The number of benzene rings is 2. The molecule has 0 spiro atoms. The van der Waals surface area contributed by atoms with Gasteiger partial charge < -0.3 is 10.5 Å². The first-order valence-electron chi connectivity index (χ1n) is 6.09. The highest BCUT2D eigenvalue weighted by atomic mass is 79.9. The summed E-state index contributed by atoms with van der Waals surface area (Å²) in [6.07, 6.45) is 0. The molecule has 0 amide bonds. The van der Waals surface area contributed by atoms with E-state index in [9.17, 15) is 4.39 Å². The molecule has 0 aliphatic rings. The van der Waals surface area contributed by atoms with Crippen molar-refractivity contribution >= 4 is 27.5 Å². The summed E-state index contributed by atoms with van der Waals surface area (Å²) in [5, 5.41) is 0.478. The Labute approximate surface area is 130 Å². The summed E-state index contributed by atoms with van der Waals surface area (Å²) in [6.45, 7) is 2.07. The highest BCUT2D eigenvalue weighted by molar-refractivity contribution is 9.10. The van der Waals surface area contributed by atoms with Crippen molar-refractivity contribution in [2.24, 2.45) is 5.73 Å². The van der Waals surface area contributed by atoms with Crippen LogP contribution in [0.1, 0.15) is 24.1 Å². The summed E-state index contributed by atoms with van der Waals surface area (Å²) in [7, 11) is 0. The smallest absolute Gasteiger partial charge is 0.124 e. The van der Waals surface area contributed by atoms with Crippen LogP contribution in [0.5, 0.6) is 5.75 Å². The van der Waals surface area contributed by atoms with E-state index < -0.39 is 0 Å². The minimum atomic E-state index is -0.337. The predicted molar refractivity (Wildman–Crippen MR) is 82.5 cm³/mol. The fourth-order valence-corrected chi connectivity index (χ4v) is 2.37. The number of ether oxygens (including phenoxy) is 1. The summed E-state index contributed by atoms with van der Waals surface area (Å²) < 4.78 is 19.8. The van der Waals surface area contributed by atoms with Crippen molar-refractivity contribution in [3.05, 3.63) is 62.8 Å². The number of nitrogens with two attached hydrogens (primary N) is 1.